The highest BCUT2D eigenvalue weighted by Crippen LogP contribution is 2.45. The second-order valence-corrected chi connectivity index (χ2v) is 6.01. The normalized spacial score (nSPS) is 24.1. The molecule has 0 saturated heterocycles. The van der Waals surface area contributed by atoms with Crippen LogP contribution in [0.15, 0.2) is 0 Å². The molecule has 0 bridgehead atoms. The van der Waals surface area contributed by atoms with E-state index < -0.39 is 0 Å². The summed E-state index contributed by atoms with van der Waals surface area (Å²) in [6, 6.07) is 0.674. The topological polar surface area (TPSA) is 12.0 Å². The van der Waals surface area contributed by atoms with Gasteiger partial charge in [0.15, 0.2) is 0 Å². The van der Waals surface area contributed by atoms with Crippen molar-refractivity contribution in [2.45, 2.75) is 72.3 Å². The number of hydrogen-bond acceptors (Lipinski definition) is 1. The number of rotatable bonds is 6. The van der Waals surface area contributed by atoms with Crippen molar-refractivity contribution in [1.29, 1.82) is 0 Å². The molecule has 1 N–H and O–H groups in total. The summed E-state index contributed by atoms with van der Waals surface area (Å²) in [5, 5.41) is 3.76. The largest absolute Gasteiger partial charge is 0.314 e. The highest BCUT2D eigenvalue weighted by Gasteiger charge is 2.38. The van der Waals surface area contributed by atoms with E-state index in [1.54, 1.807) is 0 Å². The fourth-order valence-electron chi connectivity index (χ4n) is 3.23. The van der Waals surface area contributed by atoms with Gasteiger partial charge >= 0.3 is 0 Å². The van der Waals surface area contributed by atoms with E-state index >= 15 is 0 Å². The average molecular weight is 235 g/mol. The Bertz CT molecular complexity index is 269. The maximum Gasteiger partial charge on any atom is 0.0109 e. The van der Waals surface area contributed by atoms with E-state index in [9.17, 15) is 0 Å². The second kappa shape index (κ2) is 7.07. The van der Waals surface area contributed by atoms with Crippen LogP contribution < -0.4 is 5.32 Å². The van der Waals surface area contributed by atoms with Crippen molar-refractivity contribution < 1.29 is 0 Å². The Morgan fingerprint density at radius 3 is 2.71 bits per heavy atom. The first-order chi connectivity index (χ1) is 8.11. The van der Waals surface area contributed by atoms with Gasteiger partial charge in [-0.3, -0.25) is 0 Å². The van der Waals surface area contributed by atoms with Crippen LogP contribution in [-0.4, -0.2) is 12.6 Å². The molecule has 0 aromatic heterocycles. The van der Waals surface area contributed by atoms with Crippen LogP contribution in [0.4, 0.5) is 0 Å². The molecule has 1 nitrogen and oxygen atoms in total. The van der Waals surface area contributed by atoms with Crippen molar-refractivity contribution in [2.24, 2.45) is 11.3 Å². The molecule has 2 unspecified atom stereocenters. The molecule has 0 aliphatic heterocycles. The summed E-state index contributed by atoms with van der Waals surface area (Å²) in [4.78, 5) is 0. The standard InChI is InChI=1S/C16H29N/c1-5-7-8-11-15(17-13-6-2)14-10-9-12-16(14,3)4/h14-15,17H,6,8-13H2,1-4H3. The van der Waals surface area contributed by atoms with Crippen molar-refractivity contribution in [3.05, 3.63) is 0 Å². The molecule has 0 radical (unpaired) electrons. The van der Waals surface area contributed by atoms with Crippen molar-refractivity contribution in [2.75, 3.05) is 6.54 Å². The maximum atomic E-state index is 3.76. The molecule has 1 heteroatoms. The van der Waals surface area contributed by atoms with Crippen LogP contribution in [0.3, 0.4) is 0 Å². The zero-order valence-electron chi connectivity index (χ0n) is 12.1. The van der Waals surface area contributed by atoms with Gasteiger partial charge < -0.3 is 5.32 Å². The molecule has 1 fully saturated rings. The van der Waals surface area contributed by atoms with E-state index in [2.05, 4.69) is 37.9 Å². The van der Waals surface area contributed by atoms with Gasteiger partial charge in [0.1, 0.15) is 0 Å². The van der Waals surface area contributed by atoms with Gasteiger partial charge in [-0.05, 0) is 50.5 Å². The SMILES string of the molecule is CC#CCCC(NCCC)C1CCCC1(C)C. The highest BCUT2D eigenvalue weighted by molar-refractivity contribution is 4.98. The van der Waals surface area contributed by atoms with Gasteiger partial charge in [0.25, 0.3) is 0 Å². The average Bonchev–Trinajstić information content (AvgIpc) is 2.63. The van der Waals surface area contributed by atoms with Gasteiger partial charge in [0.05, 0.1) is 0 Å². The molecule has 0 heterocycles. The van der Waals surface area contributed by atoms with E-state index in [1.807, 2.05) is 6.92 Å². The molecule has 0 aromatic carbocycles. The lowest BCUT2D eigenvalue weighted by atomic mass is 9.76. The monoisotopic (exact) mass is 235 g/mol. The Kier molecular flexibility index (Phi) is 6.06. The number of nitrogens with one attached hydrogen (secondary N) is 1. The second-order valence-electron chi connectivity index (χ2n) is 6.01. The van der Waals surface area contributed by atoms with Crippen LogP contribution in [-0.2, 0) is 0 Å². The summed E-state index contributed by atoms with van der Waals surface area (Å²) in [6.45, 7) is 10.2. The summed E-state index contributed by atoms with van der Waals surface area (Å²) in [7, 11) is 0. The van der Waals surface area contributed by atoms with Crippen LogP contribution in [0.5, 0.6) is 0 Å². The maximum absolute atomic E-state index is 3.76. The Labute approximate surface area is 108 Å². The Morgan fingerprint density at radius 2 is 2.18 bits per heavy atom. The molecule has 0 spiro atoms. The highest BCUT2D eigenvalue weighted by atomic mass is 14.9. The lowest BCUT2D eigenvalue weighted by Crippen LogP contribution is -2.41. The Balaban J connectivity index is 2.56. The summed E-state index contributed by atoms with van der Waals surface area (Å²) < 4.78 is 0. The first kappa shape index (κ1) is 14.6. The summed E-state index contributed by atoms with van der Waals surface area (Å²) >= 11 is 0. The molecule has 0 amide bonds. The third-order valence-corrected chi connectivity index (χ3v) is 4.24. The van der Waals surface area contributed by atoms with Crippen molar-refractivity contribution >= 4 is 0 Å². The molecular weight excluding hydrogens is 206 g/mol. The van der Waals surface area contributed by atoms with Crippen LogP contribution in [0.25, 0.3) is 0 Å². The molecule has 17 heavy (non-hydrogen) atoms. The minimum atomic E-state index is 0.519. The molecule has 1 saturated carbocycles. The van der Waals surface area contributed by atoms with Crippen LogP contribution in [0.1, 0.15) is 66.2 Å². The van der Waals surface area contributed by atoms with Gasteiger partial charge in [-0.2, -0.15) is 0 Å². The van der Waals surface area contributed by atoms with Gasteiger partial charge in [-0.15, -0.1) is 11.8 Å². The van der Waals surface area contributed by atoms with E-state index in [-0.39, 0.29) is 0 Å². The van der Waals surface area contributed by atoms with E-state index in [0.29, 0.717) is 11.5 Å². The lowest BCUT2D eigenvalue weighted by molar-refractivity contribution is 0.190. The minimum absolute atomic E-state index is 0.519. The number of hydrogen-bond donors (Lipinski definition) is 1. The fourth-order valence-corrected chi connectivity index (χ4v) is 3.23. The first-order valence-corrected chi connectivity index (χ1v) is 7.24. The molecule has 0 aromatic rings. The minimum Gasteiger partial charge on any atom is -0.314 e. The van der Waals surface area contributed by atoms with Gasteiger partial charge in [-0.25, -0.2) is 0 Å². The summed E-state index contributed by atoms with van der Waals surface area (Å²) in [5.41, 5.74) is 0.519. The van der Waals surface area contributed by atoms with Crippen LogP contribution in [0, 0.1) is 23.2 Å². The first-order valence-electron chi connectivity index (χ1n) is 7.24. The predicted molar refractivity (Wildman–Crippen MR) is 75.9 cm³/mol. The smallest absolute Gasteiger partial charge is 0.0109 e. The van der Waals surface area contributed by atoms with Crippen molar-refractivity contribution in [3.63, 3.8) is 0 Å². The van der Waals surface area contributed by atoms with Gasteiger partial charge in [0.2, 0.25) is 0 Å². The summed E-state index contributed by atoms with van der Waals surface area (Å²) in [5.74, 6) is 7.07. The molecule has 1 aliphatic carbocycles. The molecule has 2 atom stereocenters. The summed E-state index contributed by atoms with van der Waals surface area (Å²) in [6.07, 6.45) is 7.68. The molecule has 98 valence electrons. The Morgan fingerprint density at radius 1 is 1.41 bits per heavy atom. The van der Waals surface area contributed by atoms with E-state index in [1.165, 1.54) is 32.1 Å². The molecule has 1 rings (SSSR count). The van der Waals surface area contributed by atoms with Crippen molar-refractivity contribution in [3.8, 4) is 11.8 Å². The van der Waals surface area contributed by atoms with Crippen LogP contribution >= 0.6 is 0 Å². The lowest BCUT2D eigenvalue weighted by Gasteiger charge is -2.34. The van der Waals surface area contributed by atoms with Crippen molar-refractivity contribution in [1.82, 2.24) is 5.32 Å². The Hall–Kier alpha value is -0.480. The van der Waals surface area contributed by atoms with E-state index in [0.717, 1.165) is 18.9 Å². The third-order valence-electron chi connectivity index (χ3n) is 4.24. The fraction of sp³-hybridized carbons (Fsp3) is 0.875. The molecule has 1 aliphatic rings. The van der Waals surface area contributed by atoms with Gasteiger partial charge in [-0.1, -0.05) is 27.2 Å². The molecular formula is C16H29N. The zero-order valence-corrected chi connectivity index (χ0v) is 12.1. The quantitative estimate of drug-likeness (QED) is 0.687. The van der Waals surface area contributed by atoms with Crippen LogP contribution in [0.2, 0.25) is 0 Å². The third kappa shape index (κ3) is 4.36. The van der Waals surface area contributed by atoms with Gasteiger partial charge in [0, 0.05) is 12.5 Å². The predicted octanol–water partition coefficient (Wildman–Crippen LogP) is 3.98. The zero-order chi connectivity index (χ0) is 12.7. The van der Waals surface area contributed by atoms with E-state index in [4.69, 9.17) is 0 Å².